The first-order valence-corrected chi connectivity index (χ1v) is 7.41. The Morgan fingerprint density at radius 3 is 2.81 bits per heavy atom. The van der Waals surface area contributed by atoms with E-state index in [1.807, 2.05) is 31.2 Å². The number of hydrogen-bond donors (Lipinski definition) is 2. The molecule has 1 unspecified atom stereocenters. The van der Waals surface area contributed by atoms with E-state index in [9.17, 15) is 14.7 Å². The van der Waals surface area contributed by atoms with Gasteiger partial charge in [-0.25, -0.2) is 4.79 Å². The van der Waals surface area contributed by atoms with Crippen LogP contribution in [0.3, 0.4) is 0 Å². The third-order valence-electron chi connectivity index (χ3n) is 3.91. The molecule has 5 heteroatoms. The quantitative estimate of drug-likeness (QED) is 0.872. The minimum Gasteiger partial charge on any atom is -0.480 e. The molecule has 1 aromatic rings. The fourth-order valence-corrected chi connectivity index (χ4v) is 2.71. The summed E-state index contributed by atoms with van der Waals surface area (Å²) in [5.41, 5.74) is 2.14. The lowest BCUT2D eigenvalue weighted by Gasteiger charge is -2.33. The fourth-order valence-electron chi connectivity index (χ4n) is 2.71. The van der Waals surface area contributed by atoms with E-state index in [1.54, 1.807) is 0 Å². The number of hydrogen-bond acceptors (Lipinski definition) is 3. The van der Waals surface area contributed by atoms with Crippen molar-refractivity contribution in [3.63, 3.8) is 0 Å². The SMILES string of the molecule is Cc1ccccc1NCCC(=O)N1CCCCC1C(=O)O. The first-order chi connectivity index (χ1) is 10.1. The van der Waals surface area contributed by atoms with Crippen LogP contribution in [0.5, 0.6) is 0 Å². The predicted octanol–water partition coefficient (Wildman–Crippen LogP) is 2.26. The molecule has 1 atom stereocenters. The summed E-state index contributed by atoms with van der Waals surface area (Å²) in [6.07, 6.45) is 2.65. The summed E-state index contributed by atoms with van der Waals surface area (Å²) in [5.74, 6) is -0.974. The Hall–Kier alpha value is -2.04. The van der Waals surface area contributed by atoms with Crippen LogP contribution in [0.1, 0.15) is 31.2 Å². The number of amides is 1. The maximum Gasteiger partial charge on any atom is 0.326 e. The molecular weight excluding hydrogens is 268 g/mol. The first kappa shape index (κ1) is 15.4. The second kappa shape index (κ2) is 7.11. The number of carboxylic acids is 1. The van der Waals surface area contributed by atoms with Gasteiger partial charge < -0.3 is 15.3 Å². The van der Waals surface area contributed by atoms with E-state index in [0.29, 0.717) is 25.9 Å². The minimum atomic E-state index is -0.894. The van der Waals surface area contributed by atoms with Gasteiger partial charge in [-0.3, -0.25) is 4.79 Å². The molecule has 1 heterocycles. The predicted molar refractivity (Wildman–Crippen MR) is 81.3 cm³/mol. The fraction of sp³-hybridized carbons (Fsp3) is 0.500. The molecule has 0 aliphatic carbocycles. The highest BCUT2D eigenvalue weighted by Crippen LogP contribution is 2.18. The van der Waals surface area contributed by atoms with E-state index in [4.69, 9.17) is 0 Å². The van der Waals surface area contributed by atoms with Crippen molar-refractivity contribution >= 4 is 17.6 Å². The molecule has 114 valence electrons. The molecule has 0 radical (unpaired) electrons. The number of nitrogens with one attached hydrogen (secondary N) is 1. The Kier molecular flexibility index (Phi) is 5.20. The summed E-state index contributed by atoms with van der Waals surface area (Å²) in [6.45, 7) is 3.09. The molecule has 0 saturated carbocycles. The van der Waals surface area contributed by atoms with E-state index in [2.05, 4.69) is 5.32 Å². The number of anilines is 1. The molecule has 1 fully saturated rings. The molecule has 2 N–H and O–H groups in total. The Bertz CT molecular complexity index is 516. The van der Waals surface area contributed by atoms with Crippen LogP contribution in [0, 0.1) is 6.92 Å². The van der Waals surface area contributed by atoms with Crippen molar-refractivity contribution in [3.05, 3.63) is 29.8 Å². The maximum absolute atomic E-state index is 12.2. The average Bonchev–Trinajstić information content (AvgIpc) is 2.49. The number of benzene rings is 1. The third kappa shape index (κ3) is 3.97. The van der Waals surface area contributed by atoms with Crippen molar-refractivity contribution in [1.82, 2.24) is 4.90 Å². The summed E-state index contributed by atoms with van der Waals surface area (Å²) in [6, 6.07) is 7.25. The average molecular weight is 290 g/mol. The Morgan fingerprint density at radius 2 is 2.10 bits per heavy atom. The molecule has 5 nitrogen and oxygen atoms in total. The van der Waals surface area contributed by atoms with Crippen LogP contribution in [0.2, 0.25) is 0 Å². The van der Waals surface area contributed by atoms with Gasteiger partial charge in [0.05, 0.1) is 0 Å². The van der Waals surface area contributed by atoms with E-state index in [0.717, 1.165) is 24.1 Å². The van der Waals surface area contributed by atoms with E-state index in [1.165, 1.54) is 4.90 Å². The zero-order valence-corrected chi connectivity index (χ0v) is 12.3. The lowest BCUT2D eigenvalue weighted by molar-refractivity contribution is -0.151. The number of nitrogens with zero attached hydrogens (tertiary/aromatic N) is 1. The summed E-state index contributed by atoms with van der Waals surface area (Å²) in [4.78, 5) is 24.9. The van der Waals surface area contributed by atoms with Crippen molar-refractivity contribution in [2.45, 2.75) is 38.6 Å². The van der Waals surface area contributed by atoms with Gasteiger partial charge >= 0.3 is 5.97 Å². The van der Waals surface area contributed by atoms with Gasteiger partial charge in [0.15, 0.2) is 0 Å². The molecule has 2 rings (SSSR count). The standard InChI is InChI=1S/C16H22N2O3/c1-12-6-2-3-7-13(12)17-10-9-15(19)18-11-5-4-8-14(18)16(20)21/h2-3,6-7,14,17H,4-5,8-11H2,1H3,(H,20,21). The summed E-state index contributed by atoms with van der Waals surface area (Å²) in [5, 5.41) is 12.4. The van der Waals surface area contributed by atoms with Crippen LogP contribution in [-0.4, -0.2) is 41.0 Å². The monoisotopic (exact) mass is 290 g/mol. The number of carbonyl (C=O) groups is 2. The highest BCUT2D eigenvalue weighted by atomic mass is 16.4. The first-order valence-electron chi connectivity index (χ1n) is 7.41. The van der Waals surface area contributed by atoms with Crippen molar-refractivity contribution in [2.24, 2.45) is 0 Å². The van der Waals surface area contributed by atoms with Gasteiger partial charge in [0.25, 0.3) is 0 Å². The third-order valence-corrected chi connectivity index (χ3v) is 3.91. The maximum atomic E-state index is 12.2. The number of likely N-dealkylation sites (tertiary alicyclic amines) is 1. The lowest BCUT2D eigenvalue weighted by Crippen LogP contribution is -2.48. The van der Waals surface area contributed by atoms with Crippen molar-refractivity contribution < 1.29 is 14.7 Å². The zero-order chi connectivity index (χ0) is 15.2. The minimum absolute atomic E-state index is 0.0804. The number of carbonyl (C=O) groups excluding carboxylic acids is 1. The normalized spacial score (nSPS) is 18.3. The molecule has 1 aliphatic rings. The second-order valence-corrected chi connectivity index (χ2v) is 5.43. The van der Waals surface area contributed by atoms with Gasteiger partial charge in [-0.1, -0.05) is 18.2 Å². The number of piperidine rings is 1. The van der Waals surface area contributed by atoms with Crippen LogP contribution in [0.25, 0.3) is 0 Å². The van der Waals surface area contributed by atoms with Crippen LogP contribution >= 0.6 is 0 Å². The second-order valence-electron chi connectivity index (χ2n) is 5.43. The zero-order valence-electron chi connectivity index (χ0n) is 12.3. The number of aliphatic carboxylic acids is 1. The van der Waals surface area contributed by atoms with Crippen molar-refractivity contribution in [2.75, 3.05) is 18.4 Å². The van der Waals surface area contributed by atoms with Crippen LogP contribution in [-0.2, 0) is 9.59 Å². The smallest absolute Gasteiger partial charge is 0.326 e. The molecule has 21 heavy (non-hydrogen) atoms. The molecular formula is C16H22N2O3. The van der Waals surface area contributed by atoms with Gasteiger partial charge in [-0.05, 0) is 37.8 Å². The summed E-state index contributed by atoms with van der Waals surface area (Å²) < 4.78 is 0. The van der Waals surface area contributed by atoms with Gasteiger partial charge in [0, 0.05) is 25.2 Å². The van der Waals surface area contributed by atoms with Crippen molar-refractivity contribution in [1.29, 1.82) is 0 Å². The van der Waals surface area contributed by atoms with Gasteiger partial charge in [0.1, 0.15) is 6.04 Å². The van der Waals surface area contributed by atoms with Crippen LogP contribution in [0.4, 0.5) is 5.69 Å². The van der Waals surface area contributed by atoms with E-state index < -0.39 is 12.0 Å². The summed E-state index contributed by atoms with van der Waals surface area (Å²) >= 11 is 0. The Labute approximate surface area is 125 Å². The van der Waals surface area contributed by atoms with Gasteiger partial charge in [-0.15, -0.1) is 0 Å². The van der Waals surface area contributed by atoms with Crippen LogP contribution < -0.4 is 5.32 Å². The largest absolute Gasteiger partial charge is 0.480 e. The molecule has 0 spiro atoms. The lowest BCUT2D eigenvalue weighted by atomic mass is 10.0. The van der Waals surface area contributed by atoms with Gasteiger partial charge in [0.2, 0.25) is 5.91 Å². The molecule has 1 aliphatic heterocycles. The van der Waals surface area contributed by atoms with Gasteiger partial charge in [-0.2, -0.15) is 0 Å². The number of carboxylic acid groups (broad SMARTS) is 1. The summed E-state index contributed by atoms with van der Waals surface area (Å²) in [7, 11) is 0. The molecule has 1 amide bonds. The van der Waals surface area contributed by atoms with E-state index in [-0.39, 0.29) is 5.91 Å². The van der Waals surface area contributed by atoms with Crippen LogP contribution in [0.15, 0.2) is 24.3 Å². The molecule has 0 bridgehead atoms. The Balaban J connectivity index is 1.86. The van der Waals surface area contributed by atoms with E-state index >= 15 is 0 Å². The number of aryl methyl sites for hydroxylation is 1. The molecule has 0 aromatic heterocycles. The van der Waals surface area contributed by atoms with Crippen molar-refractivity contribution in [3.8, 4) is 0 Å². The Morgan fingerprint density at radius 1 is 1.33 bits per heavy atom. The highest BCUT2D eigenvalue weighted by molar-refractivity contribution is 5.84. The number of para-hydroxylation sites is 1. The molecule has 1 saturated heterocycles. The highest BCUT2D eigenvalue weighted by Gasteiger charge is 2.31. The topological polar surface area (TPSA) is 69.6 Å². The molecule has 1 aromatic carbocycles. The number of rotatable bonds is 5.